The monoisotopic (exact) mass is 393 g/mol. The summed E-state index contributed by atoms with van der Waals surface area (Å²) in [5.41, 5.74) is 3.71. The normalized spacial score (nSPS) is 10.6. The molecule has 26 heavy (non-hydrogen) atoms. The Kier molecular flexibility index (Phi) is 7.44. The molecule has 0 aliphatic carbocycles. The average Bonchev–Trinajstić information content (AvgIpc) is 2.62. The van der Waals surface area contributed by atoms with Crippen molar-refractivity contribution >= 4 is 41.2 Å². The number of hydrogen-bond donors (Lipinski definition) is 2. The van der Waals surface area contributed by atoms with Crippen molar-refractivity contribution < 1.29 is 14.3 Å². The zero-order valence-electron chi connectivity index (χ0n) is 14.0. The van der Waals surface area contributed by atoms with Crippen molar-refractivity contribution in [2.45, 2.75) is 13.5 Å². The predicted molar refractivity (Wildman–Crippen MR) is 102 cm³/mol. The summed E-state index contributed by atoms with van der Waals surface area (Å²) in [5, 5.41) is 7.23. The van der Waals surface area contributed by atoms with Crippen LogP contribution in [0, 0.1) is 0 Å². The topological polar surface area (TPSA) is 79.8 Å². The quantitative estimate of drug-likeness (QED) is 0.449. The van der Waals surface area contributed by atoms with Gasteiger partial charge in [-0.2, -0.15) is 5.10 Å². The third-order valence-corrected chi connectivity index (χ3v) is 3.80. The molecule has 2 N–H and O–H groups in total. The van der Waals surface area contributed by atoms with E-state index in [9.17, 15) is 9.59 Å². The van der Waals surface area contributed by atoms with Gasteiger partial charge in [0.25, 0.3) is 0 Å². The summed E-state index contributed by atoms with van der Waals surface area (Å²) in [6, 6.07) is 12.3. The third-order valence-electron chi connectivity index (χ3n) is 3.21. The minimum Gasteiger partial charge on any atom is -0.489 e. The molecule has 136 valence electrons. The van der Waals surface area contributed by atoms with Crippen LogP contribution in [-0.4, -0.2) is 24.6 Å². The first-order valence-corrected chi connectivity index (χ1v) is 8.53. The molecule has 0 unspecified atom stereocenters. The van der Waals surface area contributed by atoms with Gasteiger partial charge >= 0.3 is 11.8 Å². The highest BCUT2D eigenvalue weighted by atomic mass is 35.5. The van der Waals surface area contributed by atoms with Crippen LogP contribution >= 0.6 is 23.2 Å². The van der Waals surface area contributed by atoms with Crippen molar-refractivity contribution in [3.8, 4) is 5.75 Å². The molecule has 0 spiro atoms. The minimum absolute atomic E-state index is 0.312. The number of amides is 2. The fourth-order valence-corrected chi connectivity index (χ4v) is 2.37. The minimum atomic E-state index is -0.817. The summed E-state index contributed by atoms with van der Waals surface area (Å²) >= 11 is 12.0. The first-order valence-electron chi connectivity index (χ1n) is 7.77. The maximum atomic E-state index is 11.4. The Labute approximate surface area is 161 Å². The Balaban J connectivity index is 1.86. The molecule has 0 aromatic heterocycles. The lowest BCUT2D eigenvalue weighted by Gasteiger charge is -2.08. The zero-order valence-corrected chi connectivity index (χ0v) is 15.5. The number of benzene rings is 2. The highest BCUT2D eigenvalue weighted by molar-refractivity contribution is 6.35. The summed E-state index contributed by atoms with van der Waals surface area (Å²) < 4.78 is 5.67. The molecule has 0 bridgehead atoms. The van der Waals surface area contributed by atoms with Gasteiger partial charge in [0.1, 0.15) is 12.4 Å². The number of carbonyl (C=O) groups excluding carboxylic acids is 2. The second-order valence-electron chi connectivity index (χ2n) is 5.15. The van der Waals surface area contributed by atoms with Crippen LogP contribution < -0.4 is 15.5 Å². The molecule has 8 heteroatoms. The van der Waals surface area contributed by atoms with Gasteiger partial charge in [0.15, 0.2) is 0 Å². The van der Waals surface area contributed by atoms with E-state index in [1.54, 1.807) is 43.3 Å². The van der Waals surface area contributed by atoms with Crippen LogP contribution in [0.15, 0.2) is 47.6 Å². The number of ether oxygens (including phenoxy) is 1. The molecule has 0 saturated heterocycles. The van der Waals surface area contributed by atoms with E-state index in [2.05, 4.69) is 15.8 Å². The number of halogens is 2. The van der Waals surface area contributed by atoms with Gasteiger partial charge in [-0.05, 0) is 48.9 Å². The maximum Gasteiger partial charge on any atom is 0.329 e. The summed E-state index contributed by atoms with van der Waals surface area (Å²) in [4.78, 5) is 22.6. The van der Waals surface area contributed by atoms with Crippen LogP contribution in [0.1, 0.15) is 18.1 Å². The Hall–Kier alpha value is -2.57. The lowest BCUT2D eigenvalue weighted by Crippen LogP contribution is -2.37. The van der Waals surface area contributed by atoms with Crippen LogP contribution in [0.3, 0.4) is 0 Å². The van der Waals surface area contributed by atoms with E-state index in [1.807, 2.05) is 6.07 Å². The van der Waals surface area contributed by atoms with E-state index in [-0.39, 0.29) is 0 Å². The van der Waals surface area contributed by atoms with Crippen molar-refractivity contribution in [3.63, 3.8) is 0 Å². The largest absolute Gasteiger partial charge is 0.489 e. The first kappa shape index (κ1) is 19.8. The lowest BCUT2D eigenvalue weighted by atomic mass is 10.2. The fraction of sp³-hybridized carbons (Fsp3) is 0.167. The third kappa shape index (κ3) is 6.06. The average molecular weight is 394 g/mol. The number of nitrogens with one attached hydrogen (secondary N) is 2. The Morgan fingerprint density at radius 3 is 2.50 bits per heavy atom. The smallest absolute Gasteiger partial charge is 0.329 e. The molecule has 0 radical (unpaired) electrons. The van der Waals surface area contributed by atoms with Gasteiger partial charge in [-0.25, -0.2) is 5.43 Å². The van der Waals surface area contributed by atoms with E-state index < -0.39 is 11.8 Å². The van der Waals surface area contributed by atoms with Crippen LogP contribution in [0.5, 0.6) is 5.75 Å². The second-order valence-corrected chi connectivity index (χ2v) is 6.00. The number of nitrogens with zero attached hydrogens (tertiary/aromatic N) is 1. The molecule has 6 nitrogen and oxygen atoms in total. The number of likely N-dealkylation sites (N-methyl/N-ethyl adjacent to an activating group) is 1. The molecular weight excluding hydrogens is 377 g/mol. The van der Waals surface area contributed by atoms with Crippen molar-refractivity contribution in [1.29, 1.82) is 0 Å². The summed E-state index contributed by atoms with van der Waals surface area (Å²) in [6.07, 6.45) is 1.43. The SMILES string of the molecule is CCNC(=O)C(=O)N/N=C/c1ccc(OCc2ccc(Cl)cc2Cl)cc1. The summed E-state index contributed by atoms with van der Waals surface area (Å²) in [6.45, 7) is 2.41. The Morgan fingerprint density at radius 1 is 1.12 bits per heavy atom. The highest BCUT2D eigenvalue weighted by Gasteiger charge is 2.10. The lowest BCUT2D eigenvalue weighted by molar-refractivity contribution is -0.139. The molecule has 0 saturated carbocycles. The van der Waals surface area contributed by atoms with E-state index in [4.69, 9.17) is 27.9 Å². The van der Waals surface area contributed by atoms with Crippen molar-refractivity contribution in [2.75, 3.05) is 6.54 Å². The summed E-state index contributed by atoms with van der Waals surface area (Å²) in [5.74, 6) is -0.892. The van der Waals surface area contributed by atoms with Gasteiger partial charge in [-0.15, -0.1) is 0 Å². The molecule has 0 aliphatic rings. The van der Waals surface area contributed by atoms with Crippen LogP contribution in [0.4, 0.5) is 0 Å². The number of carbonyl (C=O) groups is 2. The first-order chi connectivity index (χ1) is 12.5. The molecule has 0 fully saturated rings. The van der Waals surface area contributed by atoms with Gasteiger partial charge in [0.2, 0.25) is 0 Å². The molecule has 2 rings (SSSR count). The van der Waals surface area contributed by atoms with Crippen LogP contribution in [-0.2, 0) is 16.2 Å². The zero-order chi connectivity index (χ0) is 18.9. The molecule has 0 heterocycles. The van der Waals surface area contributed by atoms with E-state index >= 15 is 0 Å². The van der Waals surface area contributed by atoms with Gasteiger partial charge < -0.3 is 10.1 Å². The van der Waals surface area contributed by atoms with E-state index in [1.165, 1.54) is 6.21 Å². The Morgan fingerprint density at radius 2 is 1.85 bits per heavy atom. The highest BCUT2D eigenvalue weighted by Crippen LogP contribution is 2.22. The molecule has 2 aromatic carbocycles. The predicted octanol–water partition coefficient (Wildman–Crippen LogP) is 3.16. The molecular formula is C18H17Cl2N3O3. The van der Waals surface area contributed by atoms with Gasteiger partial charge in [-0.3, -0.25) is 9.59 Å². The van der Waals surface area contributed by atoms with Crippen molar-refractivity contribution in [2.24, 2.45) is 5.10 Å². The van der Waals surface area contributed by atoms with E-state index in [0.717, 1.165) is 11.1 Å². The van der Waals surface area contributed by atoms with E-state index in [0.29, 0.717) is 28.9 Å². The molecule has 0 aliphatic heterocycles. The molecule has 2 aromatic rings. The molecule has 0 atom stereocenters. The number of rotatable bonds is 6. The standard InChI is InChI=1S/C18H17Cl2N3O3/c1-2-21-17(24)18(25)23-22-10-12-3-7-15(8-4-12)26-11-13-5-6-14(19)9-16(13)20/h3-10H,2,11H2,1H3,(H,21,24)(H,23,25)/b22-10+. The summed E-state index contributed by atoms with van der Waals surface area (Å²) in [7, 11) is 0. The molecule has 2 amide bonds. The number of hydrogen-bond acceptors (Lipinski definition) is 4. The van der Waals surface area contributed by atoms with Crippen molar-refractivity contribution in [3.05, 3.63) is 63.6 Å². The second kappa shape index (κ2) is 9.79. The van der Waals surface area contributed by atoms with Gasteiger partial charge in [-0.1, -0.05) is 29.3 Å². The van der Waals surface area contributed by atoms with Crippen LogP contribution in [0.2, 0.25) is 10.0 Å². The van der Waals surface area contributed by atoms with Gasteiger partial charge in [0.05, 0.1) is 6.21 Å². The number of hydrazone groups is 1. The van der Waals surface area contributed by atoms with Gasteiger partial charge in [0, 0.05) is 22.2 Å². The Bertz CT molecular complexity index is 808. The van der Waals surface area contributed by atoms with Crippen LogP contribution in [0.25, 0.3) is 0 Å². The fourth-order valence-electron chi connectivity index (χ4n) is 1.91. The van der Waals surface area contributed by atoms with Crippen molar-refractivity contribution in [1.82, 2.24) is 10.7 Å². The maximum absolute atomic E-state index is 11.4.